The van der Waals surface area contributed by atoms with Crippen molar-refractivity contribution in [2.75, 3.05) is 26.1 Å². The maximum Gasteiger partial charge on any atom is 0.161 e. The van der Waals surface area contributed by atoms with Crippen molar-refractivity contribution in [3.8, 4) is 11.5 Å². The van der Waals surface area contributed by atoms with Gasteiger partial charge in [0.05, 0.1) is 20.3 Å². The van der Waals surface area contributed by atoms with E-state index in [9.17, 15) is 0 Å². The van der Waals surface area contributed by atoms with E-state index in [4.69, 9.17) is 21.1 Å². The lowest BCUT2D eigenvalue weighted by Crippen LogP contribution is -2.45. The van der Waals surface area contributed by atoms with E-state index in [1.165, 1.54) is 22.3 Å². The number of anilines is 1. The summed E-state index contributed by atoms with van der Waals surface area (Å²) in [7, 11) is 3.38. The molecule has 5 rings (SSSR count). The second-order valence-electron chi connectivity index (χ2n) is 7.49. The molecule has 0 spiro atoms. The van der Waals surface area contributed by atoms with Gasteiger partial charge in [0.15, 0.2) is 11.5 Å². The highest BCUT2D eigenvalue weighted by atomic mass is 35.5. The molecular formula is C24H23ClN2O2. The SMILES string of the molecule is COc1cc2c(cc1OC)[C@H]1c3ccccc3N[C@@H](c3cccc(Cl)c3)N1CC2. The van der Waals surface area contributed by atoms with Crippen molar-refractivity contribution < 1.29 is 9.47 Å². The summed E-state index contributed by atoms with van der Waals surface area (Å²) in [5.74, 6) is 1.55. The van der Waals surface area contributed by atoms with E-state index in [0.29, 0.717) is 0 Å². The van der Waals surface area contributed by atoms with E-state index in [-0.39, 0.29) is 12.2 Å². The van der Waals surface area contributed by atoms with Crippen LogP contribution in [0.1, 0.15) is 34.5 Å². The van der Waals surface area contributed by atoms with Crippen LogP contribution >= 0.6 is 11.6 Å². The van der Waals surface area contributed by atoms with Crippen LogP contribution in [0, 0.1) is 0 Å². The monoisotopic (exact) mass is 406 g/mol. The number of benzene rings is 3. The Hall–Kier alpha value is -2.69. The Balaban J connectivity index is 1.68. The highest BCUT2D eigenvalue weighted by Crippen LogP contribution is 2.48. The summed E-state index contributed by atoms with van der Waals surface area (Å²) >= 11 is 6.32. The number of hydrogen-bond donors (Lipinski definition) is 1. The number of hydrogen-bond acceptors (Lipinski definition) is 4. The highest BCUT2D eigenvalue weighted by Gasteiger charge is 2.39. The number of halogens is 1. The summed E-state index contributed by atoms with van der Waals surface area (Å²) in [5.41, 5.74) is 6.18. The van der Waals surface area contributed by atoms with Gasteiger partial charge in [-0.3, -0.25) is 4.90 Å². The maximum atomic E-state index is 6.32. The molecule has 0 saturated carbocycles. The van der Waals surface area contributed by atoms with Crippen LogP contribution in [0.5, 0.6) is 11.5 Å². The number of nitrogens with zero attached hydrogens (tertiary/aromatic N) is 1. The van der Waals surface area contributed by atoms with Crippen molar-refractivity contribution in [1.29, 1.82) is 0 Å². The van der Waals surface area contributed by atoms with Gasteiger partial charge < -0.3 is 14.8 Å². The first-order valence-corrected chi connectivity index (χ1v) is 10.2. The Labute approximate surface area is 176 Å². The third-order valence-electron chi connectivity index (χ3n) is 5.95. The van der Waals surface area contributed by atoms with Crippen LogP contribution in [-0.4, -0.2) is 25.7 Å². The average Bonchev–Trinajstić information content (AvgIpc) is 2.77. The summed E-state index contributed by atoms with van der Waals surface area (Å²) in [6.45, 7) is 0.936. The molecule has 0 saturated heterocycles. The molecule has 0 aliphatic carbocycles. The second-order valence-corrected chi connectivity index (χ2v) is 7.92. The van der Waals surface area contributed by atoms with Gasteiger partial charge in [-0.25, -0.2) is 0 Å². The molecule has 4 nitrogen and oxygen atoms in total. The first-order chi connectivity index (χ1) is 14.2. The number of para-hydroxylation sites is 1. The molecule has 2 aliphatic heterocycles. The Bertz CT molecular complexity index is 1070. The van der Waals surface area contributed by atoms with Gasteiger partial charge in [-0.2, -0.15) is 0 Å². The molecule has 0 bridgehead atoms. The first-order valence-electron chi connectivity index (χ1n) is 9.81. The van der Waals surface area contributed by atoms with Crippen LogP contribution in [0.2, 0.25) is 5.02 Å². The molecule has 2 atom stereocenters. The van der Waals surface area contributed by atoms with Crippen molar-refractivity contribution in [3.05, 3.63) is 87.9 Å². The van der Waals surface area contributed by atoms with E-state index in [1.807, 2.05) is 18.2 Å². The minimum atomic E-state index is 0.0508. The summed E-state index contributed by atoms with van der Waals surface area (Å²) in [5, 5.41) is 4.49. The van der Waals surface area contributed by atoms with Crippen molar-refractivity contribution in [1.82, 2.24) is 4.90 Å². The molecule has 3 aromatic rings. The third kappa shape index (κ3) is 3.04. The lowest BCUT2D eigenvalue weighted by molar-refractivity contribution is 0.153. The van der Waals surface area contributed by atoms with Gasteiger partial charge in [-0.15, -0.1) is 0 Å². The summed E-state index contributed by atoms with van der Waals surface area (Å²) in [4.78, 5) is 2.52. The molecule has 2 heterocycles. The predicted octanol–water partition coefficient (Wildman–Crippen LogP) is 5.43. The molecule has 0 unspecified atom stereocenters. The zero-order valence-corrected chi connectivity index (χ0v) is 17.2. The first kappa shape index (κ1) is 18.3. The van der Waals surface area contributed by atoms with Crippen LogP contribution in [0.15, 0.2) is 60.7 Å². The van der Waals surface area contributed by atoms with Gasteiger partial charge >= 0.3 is 0 Å². The molecule has 3 aromatic carbocycles. The number of ether oxygens (including phenoxy) is 2. The molecule has 2 aliphatic rings. The number of fused-ring (bicyclic) bond motifs is 5. The normalized spacial score (nSPS) is 20.1. The molecule has 5 heteroatoms. The van der Waals surface area contributed by atoms with Crippen molar-refractivity contribution >= 4 is 17.3 Å². The Morgan fingerprint density at radius 3 is 2.52 bits per heavy atom. The van der Waals surface area contributed by atoms with Gasteiger partial charge in [0.2, 0.25) is 0 Å². The van der Waals surface area contributed by atoms with E-state index >= 15 is 0 Å². The summed E-state index contributed by atoms with van der Waals surface area (Å²) < 4.78 is 11.2. The van der Waals surface area contributed by atoms with Crippen LogP contribution in [0.4, 0.5) is 5.69 Å². The van der Waals surface area contributed by atoms with Gasteiger partial charge in [0, 0.05) is 17.3 Å². The lowest BCUT2D eigenvalue weighted by Gasteiger charge is -2.47. The highest BCUT2D eigenvalue weighted by molar-refractivity contribution is 6.30. The largest absolute Gasteiger partial charge is 0.493 e. The maximum absolute atomic E-state index is 6.32. The Kier molecular flexibility index (Phi) is 4.61. The fraction of sp³-hybridized carbons (Fsp3) is 0.250. The molecular weight excluding hydrogens is 384 g/mol. The van der Waals surface area contributed by atoms with Crippen LogP contribution in [0.25, 0.3) is 0 Å². The number of methoxy groups -OCH3 is 2. The molecule has 29 heavy (non-hydrogen) atoms. The number of nitrogens with one attached hydrogen (secondary N) is 1. The Morgan fingerprint density at radius 2 is 1.72 bits per heavy atom. The van der Waals surface area contributed by atoms with Gasteiger partial charge in [-0.05, 0) is 59.0 Å². The fourth-order valence-corrected chi connectivity index (χ4v) is 4.84. The molecule has 0 amide bonds. The zero-order chi connectivity index (χ0) is 20.0. The van der Waals surface area contributed by atoms with E-state index in [1.54, 1.807) is 14.2 Å². The van der Waals surface area contributed by atoms with Gasteiger partial charge in [0.25, 0.3) is 0 Å². The van der Waals surface area contributed by atoms with Gasteiger partial charge in [0.1, 0.15) is 6.17 Å². The summed E-state index contributed by atoms with van der Waals surface area (Å²) in [6, 6.07) is 21.1. The van der Waals surface area contributed by atoms with E-state index < -0.39 is 0 Å². The van der Waals surface area contributed by atoms with E-state index in [0.717, 1.165) is 35.2 Å². The molecule has 0 fully saturated rings. The van der Waals surface area contributed by atoms with Crippen LogP contribution in [0.3, 0.4) is 0 Å². The summed E-state index contributed by atoms with van der Waals surface area (Å²) in [6.07, 6.45) is 1.00. The average molecular weight is 407 g/mol. The van der Waals surface area contributed by atoms with Crippen LogP contribution in [-0.2, 0) is 6.42 Å². The quantitative estimate of drug-likeness (QED) is 0.628. The van der Waals surface area contributed by atoms with E-state index in [2.05, 4.69) is 52.7 Å². The lowest BCUT2D eigenvalue weighted by atomic mass is 9.84. The van der Waals surface area contributed by atoms with Crippen LogP contribution < -0.4 is 14.8 Å². The minimum absolute atomic E-state index is 0.0508. The predicted molar refractivity (Wildman–Crippen MR) is 116 cm³/mol. The smallest absolute Gasteiger partial charge is 0.161 e. The molecule has 0 aromatic heterocycles. The standard InChI is InChI=1S/C24H23ClN2O2/c1-28-21-13-15-10-11-27-23(19(15)14-22(21)29-2)18-8-3-4-9-20(18)26-24(27)16-6-5-7-17(25)12-16/h3-9,12-14,23-24,26H,10-11H2,1-2H3/t23-,24-/m1/s1. The van der Waals surface area contributed by atoms with Gasteiger partial charge in [-0.1, -0.05) is 41.9 Å². The van der Waals surface area contributed by atoms with Crippen molar-refractivity contribution in [2.24, 2.45) is 0 Å². The zero-order valence-electron chi connectivity index (χ0n) is 16.5. The fourth-order valence-electron chi connectivity index (χ4n) is 4.64. The molecule has 148 valence electrons. The van der Waals surface area contributed by atoms with Crippen molar-refractivity contribution in [2.45, 2.75) is 18.6 Å². The Morgan fingerprint density at radius 1 is 0.931 bits per heavy atom. The number of rotatable bonds is 3. The minimum Gasteiger partial charge on any atom is -0.493 e. The second kappa shape index (κ2) is 7.29. The molecule has 0 radical (unpaired) electrons. The topological polar surface area (TPSA) is 33.7 Å². The molecule has 1 N–H and O–H groups in total. The third-order valence-corrected chi connectivity index (χ3v) is 6.19. The van der Waals surface area contributed by atoms with Crippen molar-refractivity contribution in [3.63, 3.8) is 0 Å².